The van der Waals surface area contributed by atoms with Crippen LogP contribution in [-0.2, 0) is 14.3 Å². The molecule has 6 atom stereocenters. The fraction of sp³-hybridized carbons (Fsp3) is 0.800. The van der Waals surface area contributed by atoms with E-state index in [1.165, 1.54) is 0 Å². The first kappa shape index (κ1) is 11.9. The minimum absolute atomic E-state index is 0.00690. The van der Waals surface area contributed by atoms with Gasteiger partial charge in [0.2, 0.25) is 0 Å². The van der Waals surface area contributed by atoms with Crippen LogP contribution >= 0.6 is 0 Å². The fourth-order valence-electron chi connectivity index (χ4n) is 4.95. The number of fused-ring (bicyclic) bond motifs is 1. The molecule has 2 saturated heterocycles. The highest BCUT2D eigenvalue weighted by Gasteiger charge is 2.81. The third kappa shape index (κ3) is 1.12. The molecule has 104 valence electrons. The van der Waals surface area contributed by atoms with Gasteiger partial charge in [-0.2, -0.15) is 0 Å². The summed E-state index contributed by atoms with van der Waals surface area (Å²) in [7, 11) is 0. The molecule has 2 heterocycles. The Morgan fingerprint density at radius 3 is 2.84 bits per heavy atom. The van der Waals surface area contributed by atoms with Crippen LogP contribution in [0.15, 0.2) is 12.2 Å². The van der Waals surface area contributed by atoms with Crippen molar-refractivity contribution in [2.45, 2.75) is 62.9 Å². The molecule has 4 fully saturated rings. The van der Waals surface area contributed by atoms with Gasteiger partial charge in [0.15, 0.2) is 0 Å². The molecule has 1 N–H and O–H groups in total. The average Bonchev–Trinajstić information content (AvgIpc) is 2.90. The van der Waals surface area contributed by atoms with Gasteiger partial charge in [0, 0.05) is 16.9 Å². The van der Waals surface area contributed by atoms with Crippen LogP contribution in [0.4, 0.5) is 0 Å². The highest BCUT2D eigenvalue weighted by molar-refractivity contribution is 5.91. The SMILES string of the molecule is C=C1C(=O)O[C@@H]2C[C@@]3(C)CC[C@H](O)[C@@]4(C)O[C@@]34C[C@H]12. The van der Waals surface area contributed by atoms with Gasteiger partial charge in [0.25, 0.3) is 0 Å². The van der Waals surface area contributed by atoms with Crippen molar-refractivity contribution in [2.75, 3.05) is 0 Å². The largest absolute Gasteiger partial charge is 0.458 e. The molecule has 4 nitrogen and oxygen atoms in total. The van der Waals surface area contributed by atoms with E-state index >= 15 is 0 Å². The Balaban J connectivity index is 1.75. The summed E-state index contributed by atoms with van der Waals surface area (Å²) in [5.74, 6) is -0.191. The molecule has 2 aliphatic heterocycles. The van der Waals surface area contributed by atoms with Gasteiger partial charge in [-0.15, -0.1) is 0 Å². The van der Waals surface area contributed by atoms with Crippen molar-refractivity contribution in [3.8, 4) is 0 Å². The predicted octanol–water partition coefficient (Wildman–Crippen LogP) is 1.57. The maximum atomic E-state index is 11.7. The van der Waals surface area contributed by atoms with Crippen molar-refractivity contribution in [3.63, 3.8) is 0 Å². The Morgan fingerprint density at radius 1 is 1.37 bits per heavy atom. The summed E-state index contributed by atoms with van der Waals surface area (Å²) >= 11 is 0. The van der Waals surface area contributed by atoms with Crippen molar-refractivity contribution in [3.05, 3.63) is 12.2 Å². The maximum absolute atomic E-state index is 11.7. The average molecular weight is 264 g/mol. The smallest absolute Gasteiger partial charge is 0.334 e. The number of aliphatic hydroxyl groups is 1. The Labute approximate surface area is 112 Å². The van der Waals surface area contributed by atoms with Crippen molar-refractivity contribution in [2.24, 2.45) is 11.3 Å². The number of rotatable bonds is 0. The van der Waals surface area contributed by atoms with E-state index in [4.69, 9.17) is 9.47 Å². The molecular weight excluding hydrogens is 244 g/mol. The zero-order chi connectivity index (χ0) is 13.6. The molecule has 0 bridgehead atoms. The topological polar surface area (TPSA) is 59.1 Å². The van der Waals surface area contributed by atoms with E-state index in [1.807, 2.05) is 6.92 Å². The van der Waals surface area contributed by atoms with E-state index in [0.717, 1.165) is 25.7 Å². The summed E-state index contributed by atoms with van der Waals surface area (Å²) < 4.78 is 11.6. The van der Waals surface area contributed by atoms with E-state index in [2.05, 4.69) is 13.5 Å². The third-order valence-electron chi connectivity index (χ3n) is 6.30. The van der Waals surface area contributed by atoms with E-state index in [0.29, 0.717) is 5.57 Å². The molecular formula is C15H20O4. The van der Waals surface area contributed by atoms with Gasteiger partial charge in [0.1, 0.15) is 17.3 Å². The molecule has 0 radical (unpaired) electrons. The second-order valence-corrected chi connectivity index (χ2v) is 7.14. The summed E-state index contributed by atoms with van der Waals surface area (Å²) in [5, 5.41) is 10.2. The maximum Gasteiger partial charge on any atom is 0.334 e. The molecule has 19 heavy (non-hydrogen) atoms. The molecule has 0 aromatic rings. The van der Waals surface area contributed by atoms with Crippen LogP contribution in [0.3, 0.4) is 0 Å². The number of aliphatic hydroxyl groups excluding tert-OH is 1. The van der Waals surface area contributed by atoms with Crippen molar-refractivity contribution >= 4 is 5.97 Å². The van der Waals surface area contributed by atoms with Crippen LogP contribution in [-0.4, -0.2) is 34.5 Å². The number of hydrogen-bond acceptors (Lipinski definition) is 4. The highest BCUT2D eigenvalue weighted by atomic mass is 16.6. The summed E-state index contributed by atoms with van der Waals surface area (Å²) in [5.41, 5.74) is -0.168. The quantitative estimate of drug-likeness (QED) is 0.410. The zero-order valence-corrected chi connectivity index (χ0v) is 11.4. The van der Waals surface area contributed by atoms with Crippen molar-refractivity contribution in [1.82, 2.24) is 0 Å². The summed E-state index contributed by atoms with van der Waals surface area (Å²) in [4.78, 5) is 11.7. The molecule has 4 heteroatoms. The first-order chi connectivity index (χ1) is 8.83. The molecule has 2 aliphatic carbocycles. The first-order valence-electron chi connectivity index (χ1n) is 7.11. The van der Waals surface area contributed by atoms with Gasteiger partial charge in [-0.3, -0.25) is 0 Å². The fourth-order valence-corrected chi connectivity index (χ4v) is 4.95. The Bertz CT molecular complexity index is 500. The van der Waals surface area contributed by atoms with Crippen LogP contribution in [0.2, 0.25) is 0 Å². The number of epoxide rings is 1. The van der Waals surface area contributed by atoms with Gasteiger partial charge in [-0.25, -0.2) is 4.79 Å². The summed E-state index contributed by atoms with van der Waals surface area (Å²) in [6, 6.07) is 0. The number of carbonyl (C=O) groups excluding carboxylic acids is 1. The van der Waals surface area contributed by atoms with Crippen LogP contribution in [0, 0.1) is 11.3 Å². The second-order valence-electron chi connectivity index (χ2n) is 7.14. The molecule has 0 aromatic heterocycles. The Kier molecular flexibility index (Phi) is 1.92. The third-order valence-corrected chi connectivity index (χ3v) is 6.30. The number of hydrogen-bond donors (Lipinski definition) is 1. The minimum atomic E-state index is -0.448. The molecule has 4 rings (SSSR count). The van der Waals surface area contributed by atoms with Gasteiger partial charge < -0.3 is 14.6 Å². The van der Waals surface area contributed by atoms with Crippen LogP contribution < -0.4 is 0 Å². The molecule has 1 spiro atoms. The number of ether oxygens (including phenoxy) is 2. The second kappa shape index (κ2) is 3.07. The van der Waals surface area contributed by atoms with Crippen molar-refractivity contribution in [1.29, 1.82) is 0 Å². The van der Waals surface area contributed by atoms with Crippen LogP contribution in [0.5, 0.6) is 0 Å². The standard InChI is InChI=1S/C15H20O4/c1-8-9-6-15-13(2,7-10(9)18-12(8)17)5-4-11(16)14(15,3)19-15/h9-11,16H,1,4-7H2,2-3H3/t9-,10-,11+,13-,14-,15+/m1/s1. The van der Waals surface area contributed by atoms with Crippen LogP contribution in [0.1, 0.15) is 39.5 Å². The normalized spacial score (nSPS) is 59.0. The minimum Gasteiger partial charge on any atom is -0.458 e. The van der Waals surface area contributed by atoms with Gasteiger partial charge in [0.05, 0.1) is 6.10 Å². The van der Waals surface area contributed by atoms with Gasteiger partial charge in [-0.05, 0) is 32.6 Å². The van der Waals surface area contributed by atoms with Crippen LogP contribution in [0.25, 0.3) is 0 Å². The summed E-state index contributed by atoms with van der Waals surface area (Å²) in [6.45, 7) is 8.11. The molecule has 0 aromatic carbocycles. The number of esters is 1. The summed E-state index contributed by atoms with van der Waals surface area (Å²) in [6.07, 6.45) is 2.83. The van der Waals surface area contributed by atoms with Gasteiger partial charge >= 0.3 is 5.97 Å². The lowest BCUT2D eigenvalue weighted by Crippen LogP contribution is -2.56. The predicted molar refractivity (Wildman–Crippen MR) is 67.3 cm³/mol. The lowest BCUT2D eigenvalue weighted by Gasteiger charge is -2.49. The van der Waals surface area contributed by atoms with E-state index in [1.54, 1.807) is 0 Å². The Morgan fingerprint density at radius 2 is 2.11 bits per heavy atom. The molecule has 2 saturated carbocycles. The van der Waals surface area contributed by atoms with Gasteiger partial charge in [-0.1, -0.05) is 13.5 Å². The highest BCUT2D eigenvalue weighted by Crippen LogP contribution is 2.72. The molecule has 0 unspecified atom stereocenters. The first-order valence-corrected chi connectivity index (χ1v) is 7.11. The monoisotopic (exact) mass is 264 g/mol. The molecule has 0 amide bonds. The van der Waals surface area contributed by atoms with E-state index in [9.17, 15) is 9.90 Å². The zero-order valence-electron chi connectivity index (χ0n) is 11.4. The Hall–Kier alpha value is -0.870. The molecule has 4 aliphatic rings. The van der Waals surface area contributed by atoms with Crippen molar-refractivity contribution < 1.29 is 19.4 Å². The lowest BCUT2D eigenvalue weighted by molar-refractivity contribution is -0.143. The number of carbonyl (C=O) groups is 1. The lowest BCUT2D eigenvalue weighted by atomic mass is 9.53. The van der Waals surface area contributed by atoms with E-state index < -0.39 is 11.7 Å². The van der Waals surface area contributed by atoms with E-state index in [-0.39, 0.29) is 29.0 Å².